The van der Waals surface area contributed by atoms with Crippen LogP contribution in [0, 0.1) is 0 Å². The Morgan fingerprint density at radius 1 is 1.37 bits per heavy atom. The summed E-state index contributed by atoms with van der Waals surface area (Å²) in [6.45, 7) is 0.486. The van der Waals surface area contributed by atoms with Crippen molar-refractivity contribution in [2.45, 2.75) is 38.1 Å². The summed E-state index contributed by atoms with van der Waals surface area (Å²) in [5, 5.41) is 9.78. The van der Waals surface area contributed by atoms with Crippen LogP contribution in [0.1, 0.15) is 31.2 Å². The molecule has 0 aliphatic heterocycles. The van der Waals surface area contributed by atoms with E-state index in [2.05, 4.69) is 0 Å². The fraction of sp³-hybridized carbons (Fsp3) is 0.533. The highest BCUT2D eigenvalue weighted by molar-refractivity contribution is 6.31. The Balaban J connectivity index is 1.90. The Labute approximate surface area is 119 Å². The number of nitrogens with zero attached hydrogens (tertiary/aromatic N) is 1. The van der Waals surface area contributed by atoms with Crippen molar-refractivity contribution in [3.8, 4) is 0 Å². The van der Waals surface area contributed by atoms with Crippen molar-refractivity contribution < 1.29 is 9.90 Å². The van der Waals surface area contributed by atoms with Gasteiger partial charge < -0.3 is 10.0 Å². The maximum atomic E-state index is 12.2. The Hall–Kier alpha value is -1.06. The molecule has 0 unspecified atom stereocenters. The third-order valence-electron chi connectivity index (χ3n) is 3.74. The van der Waals surface area contributed by atoms with Gasteiger partial charge in [-0.3, -0.25) is 4.79 Å². The molecule has 19 heavy (non-hydrogen) atoms. The van der Waals surface area contributed by atoms with Crippen molar-refractivity contribution in [1.82, 2.24) is 4.90 Å². The maximum Gasteiger partial charge on any atom is 0.223 e. The first kappa shape index (κ1) is 14.4. The summed E-state index contributed by atoms with van der Waals surface area (Å²) in [5.41, 5.74) is 1.01. The molecule has 4 heteroatoms. The molecule has 1 saturated carbocycles. The Morgan fingerprint density at radius 2 is 2.11 bits per heavy atom. The molecule has 1 fully saturated rings. The van der Waals surface area contributed by atoms with E-state index < -0.39 is 0 Å². The van der Waals surface area contributed by atoms with Gasteiger partial charge in [-0.1, -0.05) is 29.8 Å². The van der Waals surface area contributed by atoms with Crippen molar-refractivity contribution in [1.29, 1.82) is 0 Å². The van der Waals surface area contributed by atoms with Crippen LogP contribution in [0.5, 0.6) is 0 Å². The number of aliphatic hydroxyl groups excluding tert-OH is 1. The van der Waals surface area contributed by atoms with Crippen LogP contribution in [0.15, 0.2) is 24.3 Å². The molecule has 1 amide bonds. The van der Waals surface area contributed by atoms with E-state index in [-0.39, 0.29) is 12.5 Å². The molecule has 3 nitrogen and oxygen atoms in total. The van der Waals surface area contributed by atoms with E-state index in [1.54, 1.807) is 0 Å². The summed E-state index contributed by atoms with van der Waals surface area (Å²) in [6.07, 6.45) is 4.44. The van der Waals surface area contributed by atoms with Crippen LogP contribution in [0.4, 0.5) is 0 Å². The highest BCUT2D eigenvalue weighted by Crippen LogP contribution is 2.25. The number of hydrogen-bond acceptors (Lipinski definition) is 2. The molecule has 0 radical (unpaired) electrons. The number of benzene rings is 1. The highest BCUT2D eigenvalue weighted by Gasteiger charge is 2.27. The van der Waals surface area contributed by atoms with E-state index in [0.717, 1.165) is 18.4 Å². The van der Waals surface area contributed by atoms with E-state index in [9.17, 15) is 4.79 Å². The smallest absolute Gasteiger partial charge is 0.223 e. The fourth-order valence-corrected chi connectivity index (χ4v) is 2.63. The van der Waals surface area contributed by atoms with Crippen molar-refractivity contribution in [3.05, 3.63) is 34.9 Å². The van der Waals surface area contributed by atoms with E-state index in [4.69, 9.17) is 16.7 Å². The average Bonchev–Trinajstić information content (AvgIpc) is 2.35. The molecule has 1 N–H and O–H groups in total. The molecule has 0 bridgehead atoms. The van der Waals surface area contributed by atoms with Gasteiger partial charge in [-0.05, 0) is 37.3 Å². The molecule has 0 spiro atoms. The predicted octanol–water partition coefficient (Wildman–Crippen LogP) is 2.65. The lowest BCUT2D eigenvalue weighted by atomic mass is 9.91. The van der Waals surface area contributed by atoms with E-state index in [0.29, 0.717) is 30.5 Å². The van der Waals surface area contributed by atoms with Crippen molar-refractivity contribution >= 4 is 17.5 Å². The number of aryl methyl sites for hydroxylation is 1. The summed E-state index contributed by atoms with van der Waals surface area (Å²) >= 11 is 6.08. The molecule has 0 saturated heterocycles. The average molecular weight is 282 g/mol. The monoisotopic (exact) mass is 281 g/mol. The minimum atomic E-state index is 0.0360. The van der Waals surface area contributed by atoms with Crippen LogP contribution in [0.2, 0.25) is 5.02 Å². The maximum absolute atomic E-state index is 12.2. The number of hydrogen-bond donors (Lipinski definition) is 1. The van der Waals surface area contributed by atoms with Gasteiger partial charge in [0.15, 0.2) is 0 Å². The molecule has 1 aromatic rings. The Kier molecular flexibility index (Phi) is 5.23. The number of amides is 1. The molecule has 0 aromatic heterocycles. The Morgan fingerprint density at radius 3 is 2.68 bits per heavy atom. The second-order valence-corrected chi connectivity index (χ2v) is 5.39. The summed E-state index contributed by atoms with van der Waals surface area (Å²) in [7, 11) is 0. The van der Waals surface area contributed by atoms with Crippen LogP contribution in [-0.4, -0.2) is 35.1 Å². The molecular formula is C15H20ClNO2. The number of carbonyl (C=O) groups excluding carboxylic acids is 1. The number of carbonyl (C=O) groups is 1. The summed E-state index contributed by atoms with van der Waals surface area (Å²) in [5.74, 6) is 0.124. The van der Waals surface area contributed by atoms with Gasteiger partial charge in [-0.25, -0.2) is 0 Å². The molecule has 1 aliphatic rings. The van der Waals surface area contributed by atoms with E-state index in [1.165, 1.54) is 6.42 Å². The summed E-state index contributed by atoms with van der Waals surface area (Å²) in [6, 6.07) is 7.96. The van der Waals surface area contributed by atoms with Gasteiger partial charge in [0.1, 0.15) is 0 Å². The molecule has 0 heterocycles. The first-order valence-electron chi connectivity index (χ1n) is 6.86. The van der Waals surface area contributed by atoms with Crippen molar-refractivity contribution in [2.24, 2.45) is 0 Å². The van der Waals surface area contributed by atoms with Gasteiger partial charge in [0.25, 0.3) is 0 Å². The number of aliphatic hydroxyl groups is 1. The standard InChI is InChI=1S/C15H20ClNO2/c16-14-7-2-1-4-12(14)8-9-15(19)17(10-11-18)13-5-3-6-13/h1-2,4,7,13,18H,3,5-6,8-11H2. The van der Waals surface area contributed by atoms with E-state index >= 15 is 0 Å². The molecule has 1 aliphatic carbocycles. The SMILES string of the molecule is O=C(CCc1ccccc1Cl)N(CCO)C1CCC1. The lowest BCUT2D eigenvalue weighted by molar-refractivity contribution is -0.135. The molecule has 0 atom stereocenters. The lowest BCUT2D eigenvalue weighted by Crippen LogP contribution is -2.45. The second-order valence-electron chi connectivity index (χ2n) is 4.99. The predicted molar refractivity (Wildman–Crippen MR) is 76.2 cm³/mol. The third kappa shape index (κ3) is 3.71. The zero-order valence-electron chi connectivity index (χ0n) is 11.0. The highest BCUT2D eigenvalue weighted by atomic mass is 35.5. The van der Waals surface area contributed by atoms with Gasteiger partial charge >= 0.3 is 0 Å². The van der Waals surface area contributed by atoms with Crippen LogP contribution >= 0.6 is 11.6 Å². The van der Waals surface area contributed by atoms with Crippen LogP contribution in [0.3, 0.4) is 0 Å². The number of rotatable bonds is 6. The molecule has 1 aromatic carbocycles. The van der Waals surface area contributed by atoms with Gasteiger partial charge in [-0.2, -0.15) is 0 Å². The third-order valence-corrected chi connectivity index (χ3v) is 4.11. The van der Waals surface area contributed by atoms with Gasteiger partial charge in [0, 0.05) is 24.0 Å². The molecular weight excluding hydrogens is 262 g/mol. The molecule has 104 valence electrons. The van der Waals surface area contributed by atoms with Crippen LogP contribution in [0.25, 0.3) is 0 Å². The topological polar surface area (TPSA) is 40.5 Å². The van der Waals surface area contributed by atoms with Crippen LogP contribution < -0.4 is 0 Å². The zero-order valence-corrected chi connectivity index (χ0v) is 11.8. The van der Waals surface area contributed by atoms with Gasteiger partial charge in [0.05, 0.1) is 6.61 Å². The number of halogens is 1. The largest absolute Gasteiger partial charge is 0.395 e. The molecule has 2 rings (SSSR count). The summed E-state index contributed by atoms with van der Waals surface area (Å²) < 4.78 is 0. The van der Waals surface area contributed by atoms with Gasteiger partial charge in [0.2, 0.25) is 5.91 Å². The first-order valence-corrected chi connectivity index (χ1v) is 7.24. The minimum absolute atomic E-state index is 0.0360. The minimum Gasteiger partial charge on any atom is -0.395 e. The summed E-state index contributed by atoms with van der Waals surface area (Å²) in [4.78, 5) is 14.1. The lowest BCUT2D eigenvalue weighted by Gasteiger charge is -2.37. The van der Waals surface area contributed by atoms with Crippen LogP contribution in [-0.2, 0) is 11.2 Å². The van der Waals surface area contributed by atoms with E-state index in [1.807, 2.05) is 29.2 Å². The quantitative estimate of drug-likeness (QED) is 0.871. The van der Waals surface area contributed by atoms with Crippen molar-refractivity contribution in [2.75, 3.05) is 13.2 Å². The van der Waals surface area contributed by atoms with Crippen molar-refractivity contribution in [3.63, 3.8) is 0 Å². The fourth-order valence-electron chi connectivity index (χ4n) is 2.40. The first-order chi connectivity index (χ1) is 9.22. The second kappa shape index (κ2) is 6.92. The zero-order chi connectivity index (χ0) is 13.7. The normalized spacial score (nSPS) is 15.1. The van der Waals surface area contributed by atoms with Gasteiger partial charge in [-0.15, -0.1) is 0 Å². The Bertz CT molecular complexity index is 432.